The summed E-state index contributed by atoms with van der Waals surface area (Å²) in [5.74, 6) is -0.0942. The minimum absolute atomic E-state index is 0.0942. The zero-order valence-electron chi connectivity index (χ0n) is 14.6. The van der Waals surface area contributed by atoms with Crippen LogP contribution >= 0.6 is 0 Å². The number of carbonyl (C=O) groups excluding carboxylic acids is 1. The van der Waals surface area contributed by atoms with E-state index in [0.29, 0.717) is 24.4 Å². The molecule has 1 amide bonds. The molecule has 3 aromatic rings. The van der Waals surface area contributed by atoms with Crippen LogP contribution in [0.1, 0.15) is 29.8 Å². The smallest absolute Gasteiger partial charge is 0.256 e. The first-order valence-electron chi connectivity index (χ1n) is 8.04. The van der Waals surface area contributed by atoms with Gasteiger partial charge in [0, 0.05) is 19.9 Å². The molecule has 25 heavy (non-hydrogen) atoms. The van der Waals surface area contributed by atoms with Crippen LogP contribution in [-0.2, 0) is 11.3 Å². The monoisotopic (exact) mass is 339 g/mol. The molecule has 0 aliphatic heterocycles. The number of ether oxygens (including phenoxy) is 1. The van der Waals surface area contributed by atoms with Crippen molar-refractivity contribution < 1.29 is 9.53 Å². The number of carbonyl (C=O) groups is 1. The fraction of sp³-hybridized carbons (Fsp3) is 0.333. The predicted octanol–water partition coefficient (Wildman–Crippen LogP) is 2.19. The Morgan fingerprint density at radius 2 is 1.96 bits per heavy atom. The first-order valence-corrected chi connectivity index (χ1v) is 8.04. The van der Waals surface area contributed by atoms with Gasteiger partial charge >= 0.3 is 0 Å². The van der Waals surface area contributed by atoms with Crippen molar-refractivity contribution in [2.45, 2.75) is 25.9 Å². The summed E-state index contributed by atoms with van der Waals surface area (Å²) in [5, 5.41) is 11.3. The Morgan fingerprint density at radius 3 is 2.68 bits per heavy atom. The lowest BCUT2D eigenvalue weighted by Gasteiger charge is -2.38. The highest BCUT2D eigenvalue weighted by atomic mass is 16.5. The number of pyridine rings is 1. The zero-order chi connectivity index (χ0) is 17.9. The highest BCUT2D eigenvalue weighted by Gasteiger charge is 2.32. The number of amides is 1. The summed E-state index contributed by atoms with van der Waals surface area (Å²) < 4.78 is 6.84. The summed E-state index contributed by atoms with van der Waals surface area (Å²) in [7, 11) is 1.64. The molecule has 0 fully saturated rings. The number of benzene rings is 1. The Morgan fingerprint density at radius 1 is 1.20 bits per heavy atom. The van der Waals surface area contributed by atoms with Crippen LogP contribution in [-0.4, -0.2) is 50.1 Å². The van der Waals surface area contributed by atoms with Gasteiger partial charge in [-0.05, 0) is 42.0 Å². The number of methoxy groups -OCH3 is 1. The summed E-state index contributed by atoms with van der Waals surface area (Å²) in [4.78, 5) is 15.0. The molecule has 0 aliphatic carbocycles. The van der Waals surface area contributed by atoms with E-state index >= 15 is 0 Å². The largest absolute Gasteiger partial charge is 0.382 e. The molecule has 0 aliphatic rings. The van der Waals surface area contributed by atoms with Gasteiger partial charge in [0.1, 0.15) is 0 Å². The van der Waals surface area contributed by atoms with Gasteiger partial charge in [-0.15, -0.1) is 5.10 Å². The maximum Gasteiger partial charge on any atom is 0.256 e. The number of aromatic nitrogens is 4. The predicted molar refractivity (Wildman–Crippen MR) is 93.1 cm³/mol. The summed E-state index contributed by atoms with van der Waals surface area (Å²) in [6.45, 7) is 4.90. The van der Waals surface area contributed by atoms with Gasteiger partial charge in [0.2, 0.25) is 0 Å². The third-order valence-corrected chi connectivity index (χ3v) is 4.10. The van der Waals surface area contributed by atoms with Gasteiger partial charge in [-0.1, -0.05) is 30.3 Å². The van der Waals surface area contributed by atoms with Crippen LogP contribution in [0.4, 0.5) is 0 Å². The Bertz CT molecular complexity index is 860. The van der Waals surface area contributed by atoms with Crippen molar-refractivity contribution in [2.75, 3.05) is 13.7 Å². The third-order valence-electron chi connectivity index (χ3n) is 4.10. The first-order chi connectivity index (χ1) is 12.0. The molecule has 3 rings (SSSR count). The van der Waals surface area contributed by atoms with E-state index in [-0.39, 0.29) is 5.91 Å². The molecular formula is C18H21N5O2. The fourth-order valence-corrected chi connectivity index (χ4v) is 2.78. The van der Waals surface area contributed by atoms with Crippen LogP contribution < -0.4 is 0 Å². The lowest BCUT2D eigenvalue weighted by molar-refractivity contribution is 0.0230. The SMILES string of the molecule is COCC(C)(C)N(Cc1ccccc1)C(=O)c1ccc2nnnn2c1. The minimum atomic E-state index is -0.475. The quantitative estimate of drug-likeness (QED) is 0.688. The molecular weight excluding hydrogens is 318 g/mol. The topological polar surface area (TPSA) is 72.6 Å². The highest BCUT2D eigenvalue weighted by molar-refractivity contribution is 5.94. The van der Waals surface area contributed by atoms with Gasteiger partial charge in [0.25, 0.3) is 5.91 Å². The molecule has 0 bridgehead atoms. The molecule has 0 N–H and O–H groups in total. The highest BCUT2D eigenvalue weighted by Crippen LogP contribution is 2.22. The van der Waals surface area contributed by atoms with Crippen molar-refractivity contribution >= 4 is 11.6 Å². The number of hydrogen-bond acceptors (Lipinski definition) is 5. The molecule has 2 heterocycles. The normalized spacial score (nSPS) is 11.6. The molecule has 0 spiro atoms. The van der Waals surface area contributed by atoms with E-state index in [1.807, 2.05) is 49.1 Å². The number of tetrazole rings is 1. The van der Waals surface area contributed by atoms with Gasteiger partial charge in [0.05, 0.1) is 17.7 Å². The lowest BCUT2D eigenvalue weighted by atomic mass is 10.0. The minimum Gasteiger partial charge on any atom is -0.382 e. The molecule has 1 aromatic carbocycles. The second-order valence-corrected chi connectivity index (χ2v) is 6.52. The van der Waals surface area contributed by atoms with Crippen LogP contribution in [0.25, 0.3) is 5.65 Å². The molecule has 130 valence electrons. The summed E-state index contributed by atoms with van der Waals surface area (Å²) in [6, 6.07) is 13.4. The van der Waals surface area contributed by atoms with Crippen LogP contribution in [0.3, 0.4) is 0 Å². The first kappa shape index (κ1) is 17.0. The van der Waals surface area contributed by atoms with E-state index in [2.05, 4.69) is 15.5 Å². The van der Waals surface area contributed by atoms with Crippen LogP contribution in [0.15, 0.2) is 48.7 Å². The second-order valence-electron chi connectivity index (χ2n) is 6.52. The molecule has 7 heteroatoms. The summed E-state index contributed by atoms with van der Waals surface area (Å²) in [5.41, 5.74) is 1.71. The molecule has 0 saturated carbocycles. The van der Waals surface area contributed by atoms with Gasteiger partial charge in [-0.3, -0.25) is 4.79 Å². The number of hydrogen-bond donors (Lipinski definition) is 0. The molecule has 7 nitrogen and oxygen atoms in total. The third kappa shape index (κ3) is 3.66. The van der Waals surface area contributed by atoms with Crippen molar-refractivity contribution in [3.63, 3.8) is 0 Å². The molecule has 2 aromatic heterocycles. The van der Waals surface area contributed by atoms with E-state index in [9.17, 15) is 4.79 Å². The molecule has 0 saturated heterocycles. The molecule has 0 atom stereocenters. The van der Waals surface area contributed by atoms with Crippen LogP contribution in [0, 0.1) is 0 Å². The van der Waals surface area contributed by atoms with Crippen LogP contribution in [0.2, 0.25) is 0 Å². The maximum atomic E-state index is 13.2. The second kappa shape index (κ2) is 6.98. The molecule has 0 radical (unpaired) electrons. The van der Waals surface area contributed by atoms with Gasteiger partial charge in [0.15, 0.2) is 5.65 Å². The summed E-state index contributed by atoms with van der Waals surface area (Å²) in [6.07, 6.45) is 1.65. The van der Waals surface area contributed by atoms with Crippen LogP contribution in [0.5, 0.6) is 0 Å². The fourth-order valence-electron chi connectivity index (χ4n) is 2.78. The Labute approximate surface area is 146 Å². The number of rotatable bonds is 6. The van der Waals surface area contributed by atoms with Crippen molar-refractivity contribution in [3.8, 4) is 0 Å². The van der Waals surface area contributed by atoms with E-state index in [4.69, 9.17) is 4.74 Å². The van der Waals surface area contributed by atoms with E-state index in [0.717, 1.165) is 5.56 Å². The number of nitrogens with zero attached hydrogens (tertiary/aromatic N) is 5. The Hall–Kier alpha value is -2.80. The van der Waals surface area contributed by atoms with E-state index in [1.165, 1.54) is 4.52 Å². The summed E-state index contributed by atoms with van der Waals surface area (Å²) >= 11 is 0. The van der Waals surface area contributed by atoms with Crippen molar-refractivity contribution in [3.05, 3.63) is 59.8 Å². The van der Waals surface area contributed by atoms with Gasteiger partial charge in [-0.2, -0.15) is 4.52 Å². The van der Waals surface area contributed by atoms with Crippen molar-refractivity contribution in [2.24, 2.45) is 0 Å². The maximum absolute atomic E-state index is 13.2. The Balaban J connectivity index is 1.95. The average molecular weight is 339 g/mol. The lowest BCUT2D eigenvalue weighted by Crippen LogP contribution is -2.50. The molecule has 0 unspecified atom stereocenters. The average Bonchev–Trinajstić information content (AvgIpc) is 3.07. The van der Waals surface area contributed by atoms with Crippen molar-refractivity contribution in [1.82, 2.24) is 24.9 Å². The van der Waals surface area contributed by atoms with Crippen molar-refractivity contribution in [1.29, 1.82) is 0 Å². The van der Waals surface area contributed by atoms with Gasteiger partial charge in [-0.25, -0.2) is 0 Å². The van der Waals surface area contributed by atoms with Gasteiger partial charge < -0.3 is 9.64 Å². The van der Waals surface area contributed by atoms with E-state index in [1.54, 1.807) is 25.4 Å². The Kier molecular flexibility index (Phi) is 4.76. The number of fused-ring (bicyclic) bond motifs is 1. The van der Waals surface area contributed by atoms with E-state index < -0.39 is 5.54 Å². The zero-order valence-corrected chi connectivity index (χ0v) is 14.6. The standard InChI is InChI=1S/C18H21N5O2/c1-18(2,13-25-3)22(11-14-7-5-4-6-8-14)17(24)15-9-10-16-19-20-21-23(16)12-15/h4-10,12H,11,13H2,1-3H3.